The third-order valence-electron chi connectivity index (χ3n) is 12.8. The summed E-state index contributed by atoms with van der Waals surface area (Å²) in [6.07, 6.45) is 16.1. The van der Waals surface area contributed by atoms with Gasteiger partial charge in [-0.2, -0.15) is 4.68 Å². The van der Waals surface area contributed by atoms with Crippen molar-refractivity contribution < 1.29 is 27.1 Å². The van der Waals surface area contributed by atoms with Gasteiger partial charge in [0.25, 0.3) is 5.89 Å². The molecular formula is C44H48ClF3N12O3. The molecule has 0 radical (unpaired) electrons. The molecule has 2 aliphatic heterocycles. The first-order chi connectivity index (χ1) is 30.7. The van der Waals surface area contributed by atoms with Gasteiger partial charge in [-0.3, -0.25) is 0 Å². The maximum absolute atomic E-state index is 14.4. The van der Waals surface area contributed by atoms with Crippen LogP contribution in [0.3, 0.4) is 0 Å². The molecule has 63 heavy (non-hydrogen) atoms. The summed E-state index contributed by atoms with van der Waals surface area (Å²) in [5.41, 5.74) is 0.576. The van der Waals surface area contributed by atoms with Gasteiger partial charge in [-0.15, -0.1) is 15.3 Å². The zero-order chi connectivity index (χ0) is 43.3. The Balaban J connectivity index is 0.000000160. The van der Waals surface area contributed by atoms with Crippen molar-refractivity contribution in [2.24, 2.45) is 35.5 Å². The van der Waals surface area contributed by atoms with Crippen molar-refractivity contribution in [2.45, 2.75) is 58.3 Å². The number of hydrogen-bond donors (Lipinski definition) is 0. The summed E-state index contributed by atoms with van der Waals surface area (Å²) in [5, 5.41) is 18.9. The standard InChI is InChI=1S/C23H25F2N5O2.C21H23ClFN7O/c1-14-28-29-22(32-14)19-3-2-18(11-21(19)25)31-9-6-16-10-20(16)15-4-7-30(8-5-15)23-26-12-17(24)13-27-23;22-16-11-24-21(25-12-16)29-6-3-14(4-7-29)18-9-15(18)5-8-31-17-1-2-20(19(23)10-17)30-13-26-27-28-30/h2-3,11-13,15-16,20H,4-10H2,1H3;1-2,10-15,18H,3-9H2/t16-,20-;15-,18-/m10/s1. The summed E-state index contributed by atoms with van der Waals surface area (Å²) in [4.78, 5) is 21.2. The van der Waals surface area contributed by atoms with E-state index in [2.05, 4.69) is 55.5 Å². The van der Waals surface area contributed by atoms with Gasteiger partial charge in [0.15, 0.2) is 11.6 Å². The van der Waals surface area contributed by atoms with Crippen molar-refractivity contribution in [1.82, 2.24) is 50.3 Å². The third-order valence-corrected chi connectivity index (χ3v) is 12.9. The van der Waals surface area contributed by atoms with Gasteiger partial charge in [-0.1, -0.05) is 11.6 Å². The summed E-state index contributed by atoms with van der Waals surface area (Å²) < 4.78 is 59.8. The third kappa shape index (κ3) is 10.7. The average molecular weight is 885 g/mol. The smallest absolute Gasteiger partial charge is 0.250 e. The number of halogens is 4. The first-order valence-corrected chi connectivity index (χ1v) is 22.0. The predicted octanol–water partition coefficient (Wildman–Crippen LogP) is 8.00. The molecule has 0 unspecified atom stereocenters. The van der Waals surface area contributed by atoms with Crippen LogP contribution in [0.2, 0.25) is 5.02 Å². The number of aromatic nitrogens is 10. The van der Waals surface area contributed by atoms with Gasteiger partial charge in [0.2, 0.25) is 17.8 Å². The van der Waals surface area contributed by atoms with E-state index in [0.29, 0.717) is 65.0 Å². The van der Waals surface area contributed by atoms with Gasteiger partial charge in [0.1, 0.15) is 29.3 Å². The van der Waals surface area contributed by atoms with Crippen molar-refractivity contribution in [1.29, 1.82) is 0 Å². The van der Waals surface area contributed by atoms with Gasteiger partial charge in [-0.05, 0) is 122 Å². The number of tetrazole rings is 1. The molecule has 4 fully saturated rings. The topological polar surface area (TPSA) is 159 Å². The fraction of sp³-hybridized carbons (Fsp3) is 0.477. The molecule has 2 saturated carbocycles. The highest BCUT2D eigenvalue weighted by Crippen LogP contribution is 2.51. The van der Waals surface area contributed by atoms with Crippen LogP contribution in [0.15, 0.2) is 71.9 Å². The Morgan fingerprint density at radius 1 is 0.714 bits per heavy atom. The molecule has 0 N–H and O–H groups in total. The van der Waals surface area contributed by atoms with Gasteiger partial charge >= 0.3 is 0 Å². The highest BCUT2D eigenvalue weighted by atomic mass is 35.5. The van der Waals surface area contributed by atoms with E-state index >= 15 is 0 Å². The first-order valence-electron chi connectivity index (χ1n) is 21.6. The highest BCUT2D eigenvalue weighted by molar-refractivity contribution is 6.30. The largest absolute Gasteiger partial charge is 0.493 e. The molecule has 19 heteroatoms. The molecule has 2 aromatic carbocycles. The molecule has 6 heterocycles. The van der Waals surface area contributed by atoms with Crippen LogP contribution in [-0.2, 0) is 0 Å². The maximum Gasteiger partial charge on any atom is 0.250 e. The average Bonchev–Trinajstić information content (AvgIpc) is 4.13. The molecule has 15 nitrogen and oxygen atoms in total. The Hall–Kier alpha value is -5.91. The molecule has 4 atom stereocenters. The second-order valence-corrected chi connectivity index (χ2v) is 17.2. The minimum absolute atomic E-state index is 0.171. The van der Waals surface area contributed by atoms with Crippen molar-refractivity contribution in [2.75, 3.05) is 49.2 Å². The molecule has 0 bridgehead atoms. The van der Waals surface area contributed by atoms with Crippen molar-refractivity contribution in [3.05, 3.63) is 95.9 Å². The van der Waals surface area contributed by atoms with Crippen LogP contribution in [0, 0.1) is 59.9 Å². The number of benzene rings is 2. The van der Waals surface area contributed by atoms with Crippen LogP contribution in [0.25, 0.3) is 17.1 Å². The van der Waals surface area contributed by atoms with E-state index in [1.807, 2.05) is 0 Å². The van der Waals surface area contributed by atoms with E-state index in [0.717, 1.165) is 88.4 Å². The zero-order valence-electron chi connectivity index (χ0n) is 34.8. The Morgan fingerprint density at radius 2 is 1.27 bits per heavy atom. The fourth-order valence-electron chi connectivity index (χ4n) is 9.21. The van der Waals surface area contributed by atoms with Crippen LogP contribution in [0.1, 0.15) is 57.3 Å². The lowest BCUT2D eigenvalue weighted by atomic mass is 9.90. The summed E-state index contributed by atoms with van der Waals surface area (Å²) in [6.45, 7) is 6.62. The Kier molecular flexibility index (Phi) is 12.9. The van der Waals surface area contributed by atoms with E-state index in [1.165, 1.54) is 48.4 Å². The van der Waals surface area contributed by atoms with Crippen molar-refractivity contribution in [3.8, 4) is 28.6 Å². The molecule has 2 saturated heterocycles. The molecular weight excluding hydrogens is 837 g/mol. The quantitative estimate of drug-likeness (QED) is 0.104. The Morgan fingerprint density at radius 3 is 1.78 bits per heavy atom. The van der Waals surface area contributed by atoms with Gasteiger partial charge in [-0.25, -0.2) is 33.1 Å². The van der Waals surface area contributed by atoms with Crippen LogP contribution in [0.4, 0.5) is 25.1 Å². The monoisotopic (exact) mass is 884 g/mol. The molecule has 10 rings (SSSR count). The Labute approximate surface area is 367 Å². The van der Waals surface area contributed by atoms with Crippen LogP contribution in [0.5, 0.6) is 11.5 Å². The second kappa shape index (κ2) is 19.2. The number of nitrogens with zero attached hydrogens (tertiary/aromatic N) is 12. The summed E-state index contributed by atoms with van der Waals surface area (Å²) in [7, 11) is 0. The van der Waals surface area contributed by atoms with Crippen LogP contribution < -0.4 is 19.3 Å². The zero-order valence-corrected chi connectivity index (χ0v) is 35.6. The molecule has 2 aliphatic carbocycles. The first kappa shape index (κ1) is 42.4. The summed E-state index contributed by atoms with van der Waals surface area (Å²) >= 11 is 5.88. The van der Waals surface area contributed by atoms with Crippen LogP contribution in [-0.4, -0.2) is 89.7 Å². The number of aryl methyl sites for hydroxylation is 1. The van der Waals surface area contributed by atoms with Gasteiger partial charge in [0.05, 0.1) is 48.6 Å². The number of hydrogen-bond acceptors (Lipinski definition) is 14. The summed E-state index contributed by atoms with van der Waals surface area (Å²) in [5.74, 6) is 6.05. The number of anilines is 2. The van der Waals surface area contributed by atoms with E-state index in [4.69, 9.17) is 25.5 Å². The highest BCUT2D eigenvalue weighted by Gasteiger charge is 2.44. The number of ether oxygens (including phenoxy) is 2. The predicted molar refractivity (Wildman–Crippen MR) is 226 cm³/mol. The number of rotatable bonds is 14. The minimum Gasteiger partial charge on any atom is -0.493 e. The molecule has 330 valence electrons. The molecule has 0 amide bonds. The number of piperidine rings is 2. The van der Waals surface area contributed by atoms with E-state index in [1.54, 1.807) is 43.6 Å². The normalized spacial score (nSPS) is 21.2. The van der Waals surface area contributed by atoms with Gasteiger partial charge in [0, 0.05) is 45.2 Å². The van der Waals surface area contributed by atoms with E-state index in [9.17, 15) is 13.2 Å². The lowest BCUT2D eigenvalue weighted by molar-refractivity contribution is 0.283. The molecule has 4 aromatic heterocycles. The molecule has 6 aromatic rings. The lowest BCUT2D eigenvalue weighted by Crippen LogP contribution is -2.35. The minimum atomic E-state index is -0.438. The van der Waals surface area contributed by atoms with Crippen molar-refractivity contribution in [3.63, 3.8) is 0 Å². The molecule has 0 spiro atoms. The summed E-state index contributed by atoms with van der Waals surface area (Å²) in [6, 6.07) is 9.46. The second-order valence-electron chi connectivity index (χ2n) is 16.8. The maximum atomic E-state index is 14.4. The van der Waals surface area contributed by atoms with E-state index in [-0.39, 0.29) is 11.5 Å². The Bertz CT molecular complexity index is 2410. The SMILES string of the molecule is Cc1nnc(-c2ccc(OCC[C@@H]3C[C@@H]3C3CCN(c4ncc(F)cn4)CC3)cc2F)o1.Fc1cc(OCC[C@H]2C[C@H]2C2CCN(c3ncc(Cl)cn3)CC2)ccc1-n1cnnn1. The fourth-order valence-corrected chi connectivity index (χ4v) is 9.31. The lowest BCUT2D eigenvalue weighted by Gasteiger charge is -2.32. The van der Waals surface area contributed by atoms with E-state index < -0.39 is 17.5 Å². The van der Waals surface area contributed by atoms with Gasteiger partial charge < -0.3 is 23.7 Å². The van der Waals surface area contributed by atoms with Crippen LogP contribution >= 0.6 is 11.6 Å². The van der Waals surface area contributed by atoms with Crippen molar-refractivity contribution >= 4 is 23.5 Å². The molecule has 4 aliphatic rings.